The molecule has 1 aromatic heterocycles. The molecule has 0 N–H and O–H groups in total. The maximum Gasteiger partial charge on any atom is 0.222 e. The van der Waals surface area contributed by atoms with Crippen LogP contribution in [0, 0.1) is 19.7 Å². The number of rotatable bonds is 10. The van der Waals surface area contributed by atoms with E-state index in [1.165, 1.54) is 31.7 Å². The van der Waals surface area contributed by atoms with Crippen LogP contribution in [-0.4, -0.2) is 47.0 Å². The smallest absolute Gasteiger partial charge is 0.222 e. The van der Waals surface area contributed by atoms with E-state index in [1.54, 1.807) is 6.07 Å². The standard InChI is InChI=1S/C26H37FN4O/c1-4-5-6-7-8-9-14-25(32)30-15-17-31(18-16-30)26-23(20(2)28-21(3)29-26)19-22-12-10-11-13-24(22)27/h10-13H,4-9,14-19H2,1-3H3. The third-order valence-corrected chi connectivity index (χ3v) is 6.31. The number of nitrogens with zero attached hydrogens (tertiary/aromatic N) is 4. The van der Waals surface area contributed by atoms with Gasteiger partial charge in [-0.3, -0.25) is 4.79 Å². The third-order valence-electron chi connectivity index (χ3n) is 6.31. The molecule has 174 valence electrons. The molecule has 0 spiro atoms. The van der Waals surface area contributed by atoms with Crippen molar-refractivity contribution in [2.45, 2.75) is 72.1 Å². The highest BCUT2D eigenvalue weighted by molar-refractivity contribution is 5.76. The van der Waals surface area contributed by atoms with Gasteiger partial charge in [0.05, 0.1) is 0 Å². The highest BCUT2D eigenvalue weighted by atomic mass is 19.1. The number of hydrogen-bond acceptors (Lipinski definition) is 4. The van der Waals surface area contributed by atoms with Crippen LogP contribution >= 0.6 is 0 Å². The second kappa shape index (κ2) is 11.9. The lowest BCUT2D eigenvalue weighted by molar-refractivity contribution is -0.131. The Morgan fingerprint density at radius 1 is 0.969 bits per heavy atom. The molecule has 0 atom stereocenters. The molecule has 0 unspecified atom stereocenters. The minimum absolute atomic E-state index is 0.205. The number of aryl methyl sites for hydroxylation is 2. The molecule has 3 rings (SSSR count). The average molecular weight is 441 g/mol. The Morgan fingerprint density at radius 3 is 2.38 bits per heavy atom. The van der Waals surface area contributed by atoms with E-state index in [4.69, 9.17) is 4.98 Å². The van der Waals surface area contributed by atoms with Gasteiger partial charge < -0.3 is 9.80 Å². The molecule has 1 fully saturated rings. The number of amides is 1. The molecule has 0 bridgehead atoms. The summed E-state index contributed by atoms with van der Waals surface area (Å²) in [4.78, 5) is 26.1. The van der Waals surface area contributed by atoms with Crippen molar-refractivity contribution in [2.24, 2.45) is 0 Å². The lowest BCUT2D eigenvalue weighted by Gasteiger charge is -2.36. The zero-order chi connectivity index (χ0) is 22.9. The molecule has 1 aromatic carbocycles. The number of carbonyl (C=O) groups excluding carboxylic acids is 1. The minimum Gasteiger partial charge on any atom is -0.353 e. The van der Waals surface area contributed by atoms with Gasteiger partial charge in [-0.15, -0.1) is 0 Å². The molecule has 1 aliphatic heterocycles. The normalized spacial score (nSPS) is 14.1. The van der Waals surface area contributed by atoms with Crippen LogP contribution in [0.3, 0.4) is 0 Å². The number of carbonyl (C=O) groups is 1. The van der Waals surface area contributed by atoms with Gasteiger partial charge in [0.15, 0.2) is 0 Å². The highest BCUT2D eigenvalue weighted by Gasteiger charge is 2.24. The van der Waals surface area contributed by atoms with Gasteiger partial charge in [0.2, 0.25) is 5.91 Å². The van der Waals surface area contributed by atoms with E-state index in [9.17, 15) is 9.18 Å². The second-order valence-corrected chi connectivity index (χ2v) is 8.81. The van der Waals surface area contributed by atoms with Crippen molar-refractivity contribution < 1.29 is 9.18 Å². The van der Waals surface area contributed by atoms with Crippen molar-refractivity contribution in [3.05, 3.63) is 52.7 Å². The topological polar surface area (TPSA) is 49.3 Å². The molecule has 0 saturated carbocycles. The van der Waals surface area contributed by atoms with Crippen LogP contribution in [0.25, 0.3) is 0 Å². The lowest BCUT2D eigenvalue weighted by atomic mass is 10.0. The maximum absolute atomic E-state index is 14.3. The Balaban J connectivity index is 1.60. The molecule has 0 radical (unpaired) electrons. The van der Waals surface area contributed by atoms with E-state index in [-0.39, 0.29) is 11.7 Å². The number of hydrogen-bond donors (Lipinski definition) is 0. The molecule has 1 amide bonds. The molecule has 5 nitrogen and oxygen atoms in total. The van der Waals surface area contributed by atoms with E-state index in [1.807, 2.05) is 30.9 Å². The van der Waals surface area contributed by atoms with Crippen molar-refractivity contribution in [1.82, 2.24) is 14.9 Å². The van der Waals surface area contributed by atoms with Gasteiger partial charge in [0.1, 0.15) is 17.5 Å². The number of anilines is 1. The Morgan fingerprint density at radius 2 is 1.66 bits per heavy atom. The van der Waals surface area contributed by atoms with Crippen molar-refractivity contribution >= 4 is 11.7 Å². The number of unbranched alkanes of at least 4 members (excludes halogenated alkanes) is 5. The maximum atomic E-state index is 14.3. The van der Waals surface area contributed by atoms with E-state index in [0.29, 0.717) is 31.5 Å². The molecule has 0 aliphatic carbocycles. The first kappa shape index (κ1) is 24.1. The van der Waals surface area contributed by atoms with Gasteiger partial charge in [-0.1, -0.05) is 57.2 Å². The number of piperazine rings is 1. The Hall–Kier alpha value is -2.50. The van der Waals surface area contributed by atoms with Gasteiger partial charge in [-0.25, -0.2) is 14.4 Å². The summed E-state index contributed by atoms with van der Waals surface area (Å²) in [6.07, 6.45) is 8.28. The predicted molar refractivity (Wildman–Crippen MR) is 127 cm³/mol. The molecule has 2 aromatic rings. The largest absolute Gasteiger partial charge is 0.353 e. The summed E-state index contributed by atoms with van der Waals surface area (Å²) in [7, 11) is 0. The summed E-state index contributed by atoms with van der Waals surface area (Å²) in [6, 6.07) is 6.88. The molecule has 1 aliphatic rings. The quantitative estimate of drug-likeness (QED) is 0.475. The first-order valence-corrected chi connectivity index (χ1v) is 12.1. The van der Waals surface area contributed by atoms with Crippen molar-refractivity contribution in [1.29, 1.82) is 0 Å². The highest BCUT2D eigenvalue weighted by Crippen LogP contribution is 2.26. The van der Waals surface area contributed by atoms with Crippen molar-refractivity contribution in [3.63, 3.8) is 0 Å². The molecular formula is C26H37FN4O. The van der Waals surface area contributed by atoms with Gasteiger partial charge in [-0.2, -0.15) is 0 Å². The SMILES string of the molecule is CCCCCCCCC(=O)N1CCN(c2nc(C)nc(C)c2Cc2ccccc2F)CC1. The fourth-order valence-electron chi connectivity index (χ4n) is 4.40. The summed E-state index contributed by atoms with van der Waals surface area (Å²) < 4.78 is 14.3. The van der Waals surface area contributed by atoms with Crippen molar-refractivity contribution in [2.75, 3.05) is 31.1 Å². The summed E-state index contributed by atoms with van der Waals surface area (Å²) in [5.74, 6) is 1.66. The van der Waals surface area contributed by atoms with Crippen LogP contribution in [0.5, 0.6) is 0 Å². The van der Waals surface area contributed by atoms with Crippen LogP contribution in [0.2, 0.25) is 0 Å². The number of aromatic nitrogens is 2. The average Bonchev–Trinajstić information content (AvgIpc) is 2.79. The monoisotopic (exact) mass is 440 g/mol. The van der Waals surface area contributed by atoms with Gasteiger partial charge in [-0.05, 0) is 31.9 Å². The second-order valence-electron chi connectivity index (χ2n) is 8.81. The van der Waals surface area contributed by atoms with E-state index in [2.05, 4.69) is 16.8 Å². The van der Waals surface area contributed by atoms with Crippen LogP contribution < -0.4 is 4.90 Å². The van der Waals surface area contributed by atoms with Crippen LogP contribution in [-0.2, 0) is 11.2 Å². The van der Waals surface area contributed by atoms with Gasteiger partial charge >= 0.3 is 0 Å². The first-order chi connectivity index (χ1) is 15.5. The fourth-order valence-corrected chi connectivity index (χ4v) is 4.40. The number of benzene rings is 1. The predicted octanol–water partition coefficient (Wildman–Crippen LogP) is 5.22. The Bertz CT molecular complexity index is 893. The van der Waals surface area contributed by atoms with Crippen LogP contribution in [0.4, 0.5) is 10.2 Å². The van der Waals surface area contributed by atoms with Gasteiger partial charge in [0, 0.05) is 50.3 Å². The Kier molecular flexibility index (Phi) is 9.00. The summed E-state index contributed by atoms with van der Waals surface area (Å²) in [5.41, 5.74) is 2.50. The molecule has 2 heterocycles. The zero-order valence-electron chi connectivity index (χ0n) is 19.9. The Labute approximate surface area is 192 Å². The summed E-state index contributed by atoms with van der Waals surface area (Å²) >= 11 is 0. The number of halogens is 1. The molecule has 32 heavy (non-hydrogen) atoms. The van der Waals surface area contributed by atoms with E-state index >= 15 is 0 Å². The first-order valence-electron chi connectivity index (χ1n) is 12.1. The summed E-state index contributed by atoms with van der Waals surface area (Å²) in [5, 5.41) is 0. The summed E-state index contributed by atoms with van der Waals surface area (Å²) in [6.45, 7) is 8.96. The van der Waals surface area contributed by atoms with Crippen LogP contribution in [0.15, 0.2) is 24.3 Å². The van der Waals surface area contributed by atoms with Crippen LogP contribution in [0.1, 0.15) is 74.5 Å². The fraction of sp³-hybridized carbons (Fsp3) is 0.577. The third kappa shape index (κ3) is 6.50. The zero-order valence-corrected chi connectivity index (χ0v) is 19.9. The van der Waals surface area contributed by atoms with Gasteiger partial charge in [0.25, 0.3) is 0 Å². The van der Waals surface area contributed by atoms with Crippen molar-refractivity contribution in [3.8, 4) is 0 Å². The minimum atomic E-state index is -0.205. The molecule has 1 saturated heterocycles. The molecule has 6 heteroatoms. The lowest BCUT2D eigenvalue weighted by Crippen LogP contribution is -2.49. The molecular weight excluding hydrogens is 403 g/mol. The van der Waals surface area contributed by atoms with E-state index in [0.717, 1.165) is 48.8 Å². The van der Waals surface area contributed by atoms with E-state index < -0.39 is 0 Å².